The summed E-state index contributed by atoms with van der Waals surface area (Å²) in [6.45, 7) is 6.18. The number of nitrogens with zero attached hydrogens (tertiary/aromatic N) is 1. The molecule has 1 heterocycles. The van der Waals surface area contributed by atoms with E-state index in [1.54, 1.807) is 0 Å². The lowest BCUT2D eigenvalue weighted by atomic mass is 9.90. The number of rotatable bonds is 1. The number of fused-ring (bicyclic) bond motifs is 1. The quantitative estimate of drug-likeness (QED) is 0.776. The highest BCUT2D eigenvalue weighted by Crippen LogP contribution is 2.42. The lowest BCUT2D eigenvalue weighted by Gasteiger charge is -2.15. The van der Waals surface area contributed by atoms with Crippen LogP contribution in [0.4, 0.5) is 0 Å². The molecule has 0 saturated carbocycles. The molecular formula is C17H19NO2. The van der Waals surface area contributed by atoms with Gasteiger partial charge in [-0.15, -0.1) is 0 Å². The lowest BCUT2D eigenvalue weighted by molar-refractivity contribution is 0.399. The molecule has 20 heavy (non-hydrogen) atoms. The highest BCUT2D eigenvalue weighted by molar-refractivity contribution is 5.57. The van der Waals surface area contributed by atoms with Crippen LogP contribution in [0.15, 0.2) is 35.4 Å². The van der Waals surface area contributed by atoms with E-state index in [9.17, 15) is 10.2 Å². The van der Waals surface area contributed by atoms with Crippen molar-refractivity contribution >= 4 is 0 Å². The summed E-state index contributed by atoms with van der Waals surface area (Å²) in [7, 11) is 0. The fraction of sp³-hybridized carbons (Fsp3) is 0.294. The van der Waals surface area contributed by atoms with Crippen LogP contribution in [0.1, 0.15) is 30.5 Å². The Hall–Kier alpha value is -2.16. The fourth-order valence-corrected chi connectivity index (χ4v) is 2.78. The summed E-state index contributed by atoms with van der Waals surface area (Å²) < 4.78 is 1.54. The van der Waals surface area contributed by atoms with Gasteiger partial charge in [0.2, 0.25) is 11.8 Å². The average molecular weight is 269 g/mol. The van der Waals surface area contributed by atoms with E-state index in [-0.39, 0.29) is 11.8 Å². The van der Waals surface area contributed by atoms with Crippen molar-refractivity contribution in [1.29, 1.82) is 0 Å². The van der Waals surface area contributed by atoms with Crippen molar-refractivity contribution in [2.45, 2.75) is 33.6 Å². The van der Waals surface area contributed by atoms with Gasteiger partial charge in [-0.05, 0) is 45.7 Å². The van der Waals surface area contributed by atoms with E-state index < -0.39 is 0 Å². The van der Waals surface area contributed by atoms with Crippen LogP contribution >= 0.6 is 0 Å². The number of aromatic hydroxyl groups is 2. The summed E-state index contributed by atoms with van der Waals surface area (Å²) in [5, 5.41) is 20.9. The topological polar surface area (TPSA) is 45.4 Å². The zero-order valence-corrected chi connectivity index (χ0v) is 12.1. The number of allylic oxidation sites excluding steroid dienone is 2. The summed E-state index contributed by atoms with van der Waals surface area (Å²) in [6.07, 6.45) is 1.42. The smallest absolute Gasteiger partial charge is 0.202 e. The van der Waals surface area contributed by atoms with E-state index in [1.807, 2.05) is 31.2 Å². The van der Waals surface area contributed by atoms with Crippen LogP contribution in [-0.4, -0.2) is 14.8 Å². The van der Waals surface area contributed by atoms with Gasteiger partial charge in [-0.2, -0.15) is 0 Å². The molecule has 0 bridgehead atoms. The highest BCUT2D eigenvalue weighted by atomic mass is 16.3. The summed E-state index contributed by atoms with van der Waals surface area (Å²) in [6, 6.07) is 7.77. The zero-order valence-electron chi connectivity index (χ0n) is 12.1. The first kappa shape index (κ1) is 12.9. The van der Waals surface area contributed by atoms with Crippen LogP contribution in [0.5, 0.6) is 11.8 Å². The number of hydrogen-bond acceptors (Lipinski definition) is 2. The van der Waals surface area contributed by atoms with Gasteiger partial charge >= 0.3 is 0 Å². The SMILES string of the molecule is CC1=C(C)Cc2c(c(O)n(-c3ccc(C)cc3)c2O)C1. The molecule has 0 unspecified atom stereocenters. The van der Waals surface area contributed by atoms with Gasteiger partial charge in [-0.1, -0.05) is 28.8 Å². The van der Waals surface area contributed by atoms with Crippen molar-refractivity contribution in [2.24, 2.45) is 0 Å². The van der Waals surface area contributed by atoms with Gasteiger partial charge in [0.15, 0.2) is 0 Å². The maximum atomic E-state index is 10.5. The molecule has 0 aliphatic heterocycles. The Kier molecular flexibility index (Phi) is 2.85. The number of benzene rings is 1. The summed E-state index contributed by atoms with van der Waals surface area (Å²) in [5.74, 6) is 0.321. The van der Waals surface area contributed by atoms with E-state index in [0.29, 0.717) is 12.8 Å². The minimum atomic E-state index is 0.160. The molecule has 0 fully saturated rings. The number of aromatic nitrogens is 1. The molecule has 0 saturated heterocycles. The van der Waals surface area contributed by atoms with E-state index in [2.05, 4.69) is 13.8 Å². The van der Waals surface area contributed by atoms with Crippen LogP contribution in [0, 0.1) is 6.92 Å². The molecule has 2 aromatic rings. The Bertz CT molecular complexity index is 668. The first-order valence-corrected chi connectivity index (χ1v) is 6.85. The van der Waals surface area contributed by atoms with Crippen LogP contribution in [0.3, 0.4) is 0 Å². The van der Waals surface area contributed by atoms with Gasteiger partial charge in [-0.25, -0.2) is 0 Å². The molecule has 0 spiro atoms. The Morgan fingerprint density at radius 1 is 0.800 bits per heavy atom. The Labute approximate surface area is 118 Å². The molecule has 0 atom stereocenters. The van der Waals surface area contributed by atoms with Gasteiger partial charge in [0, 0.05) is 11.1 Å². The Morgan fingerprint density at radius 2 is 1.25 bits per heavy atom. The lowest BCUT2D eigenvalue weighted by Crippen LogP contribution is -2.03. The predicted molar refractivity (Wildman–Crippen MR) is 79.6 cm³/mol. The van der Waals surface area contributed by atoms with Gasteiger partial charge in [-0.3, -0.25) is 4.57 Å². The molecule has 3 heteroatoms. The second-order valence-corrected chi connectivity index (χ2v) is 5.69. The van der Waals surface area contributed by atoms with Gasteiger partial charge < -0.3 is 10.2 Å². The second-order valence-electron chi connectivity index (χ2n) is 5.69. The summed E-state index contributed by atoms with van der Waals surface area (Å²) in [5.41, 5.74) is 6.19. The van der Waals surface area contributed by atoms with Crippen molar-refractivity contribution < 1.29 is 10.2 Å². The molecule has 1 aliphatic carbocycles. The van der Waals surface area contributed by atoms with E-state index in [1.165, 1.54) is 15.7 Å². The van der Waals surface area contributed by atoms with Crippen LogP contribution in [-0.2, 0) is 12.8 Å². The molecule has 1 aliphatic rings. The summed E-state index contributed by atoms with van der Waals surface area (Å²) >= 11 is 0. The first-order valence-electron chi connectivity index (χ1n) is 6.85. The van der Waals surface area contributed by atoms with Crippen LogP contribution < -0.4 is 0 Å². The van der Waals surface area contributed by atoms with E-state index in [0.717, 1.165) is 22.4 Å². The molecule has 3 nitrogen and oxygen atoms in total. The maximum absolute atomic E-state index is 10.5. The highest BCUT2D eigenvalue weighted by Gasteiger charge is 2.26. The average Bonchev–Trinajstić information content (AvgIpc) is 2.65. The van der Waals surface area contributed by atoms with Crippen molar-refractivity contribution in [2.75, 3.05) is 0 Å². The fourth-order valence-electron chi connectivity index (χ4n) is 2.78. The molecule has 2 N–H and O–H groups in total. The normalized spacial score (nSPS) is 14.6. The van der Waals surface area contributed by atoms with Crippen molar-refractivity contribution in [1.82, 2.24) is 4.57 Å². The number of aryl methyl sites for hydroxylation is 1. The molecule has 104 valence electrons. The van der Waals surface area contributed by atoms with Crippen LogP contribution in [0.2, 0.25) is 0 Å². The molecule has 1 aromatic carbocycles. The standard InChI is InChI=1S/C17H19NO2/c1-10-4-6-13(7-5-10)18-16(19)14-8-11(2)12(3)9-15(14)17(18)20/h4-7,19-20H,8-9H2,1-3H3. The largest absolute Gasteiger partial charge is 0.494 e. The van der Waals surface area contributed by atoms with Gasteiger partial charge in [0.05, 0.1) is 5.69 Å². The third kappa shape index (κ3) is 1.82. The van der Waals surface area contributed by atoms with E-state index in [4.69, 9.17) is 0 Å². The zero-order chi connectivity index (χ0) is 14.4. The molecule has 0 amide bonds. The Balaban J connectivity index is 2.16. The molecule has 0 radical (unpaired) electrons. The Morgan fingerprint density at radius 3 is 1.70 bits per heavy atom. The van der Waals surface area contributed by atoms with Crippen molar-refractivity contribution in [3.8, 4) is 17.4 Å². The minimum Gasteiger partial charge on any atom is -0.494 e. The van der Waals surface area contributed by atoms with Crippen molar-refractivity contribution in [3.63, 3.8) is 0 Å². The number of hydrogen-bond donors (Lipinski definition) is 2. The third-order valence-electron chi connectivity index (χ3n) is 4.23. The minimum absolute atomic E-state index is 0.160. The first-order chi connectivity index (χ1) is 9.49. The molecule has 3 rings (SSSR count). The van der Waals surface area contributed by atoms with Gasteiger partial charge in [0.1, 0.15) is 0 Å². The second kappa shape index (κ2) is 4.44. The van der Waals surface area contributed by atoms with Gasteiger partial charge in [0.25, 0.3) is 0 Å². The molecular weight excluding hydrogens is 250 g/mol. The monoisotopic (exact) mass is 269 g/mol. The van der Waals surface area contributed by atoms with E-state index >= 15 is 0 Å². The van der Waals surface area contributed by atoms with Crippen LogP contribution in [0.25, 0.3) is 5.69 Å². The molecule has 1 aromatic heterocycles. The predicted octanol–water partition coefficient (Wildman–Crippen LogP) is 3.63. The van der Waals surface area contributed by atoms with Crippen molar-refractivity contribution in [3.05, 3.63) is 52.1 Å². The summed E-state index contributed by atoms with van der Waals surface area (Å²) in [4.78, 5) is 0. The third-order valence-corrected chi connectivity index (χ3v) is 4.23. The maximum Gasteiger partial charge on any atom is 0.202 e.